The second-order valence-corrected chi connectivity index (χ2v) is 2.24. The Morgan fingerprint density at radius 1 is 1.50 bits per heavy atom. The van der Waals surface area contributed by atoms with E-state index in [0.29, 0.717) is 11.3 Å². The number of nitrogens with two attached hydrogens (primary N) is 1. The molecule has 0 atom stereocenters. The fraction of sp³-hybridized carbons (Fsp3) is 0.143. The lowest BCUT2D eigenvalue weighted by molar-refractivity contribution is 0.626. The van der Waals surface area contributed by atoms with E-state index in [1.807, 2.05) is 0 Å². The number of rotatable bonds is 1. The van der Waals surface area contributed by atoms with Gasteiger partial charge in [0.1, 0.15) is 5.82 Å². The molecule has 0 amide bonds. The SMILES string of the molecule is Nc1ccc(F)cc1CCl. The Kier molecular flexibility index (Phi) is 2.12. The number of benzene rings is 1. The third-order valence-corrected chi connectivity index (χ3v) is 1.54. The first-order valence-corrected chi connectivity index (χ1v) is 3.37. The topological polar surface area (TPSA) is 26.0 Å². The number of nitrogen functional groups attached to an aromatic ring is 1. The molecule has 1 aromatic carbocycles. The van der Waals surface area contributed by atoms with Crippen LogP contribution < -0.4 is 5.73 Å². The summed E-state index contributed by atoms with van der Waals surface area (Å²) in [4.78, 5) is 0. The summed E-state index contributed by atoms with van der Waals surface area (Å²) in [5, 5.41) is 0. The molecule has 0 saturated carbocycles. The molecule has 0 saturated heterocycles. The zero-order valence-corrected chi connectivity index (χ0v) is 6.03. The van der Waals surface area contributed by atoms with Crippen LogP contribution in [0.1, 0.15) is 5.56 Å². The molecule has 0 fully saturated rings. The van der Waals surface area contributed by atoms with Gasteiger partial charge in [-0.1, -0.05) is 0 Å². The van der Waals surface area contributed by atoms with E-state index in [1.54, 1.807) is 0 Å². The molecule has 0 radical (unpaired) electrons. The van der Waals surface area contributed by atoms with Crippen molar-refractivity contribution >= 4 is 17.3 Å². The molecular formula is C7H7ClFN. The maximum absolute atomic E-state index is 12.4. The molecule has 0 aliphatic heterocycles. The molecule has 0 bridgehead atoms. The van der Waals surface area contributed by atoms with Gasteiger partial charge >= 0.3 is 0 Å². The second-order valence-electron chi connectivity index (χ2n) is 1.98. The van der Waals surface area contributed by atoms with Crippen LogP contribution in [0.3, 0.4) is 0 Å². The Hall–Kier alpha value is -0.760. The lowest BCUT2D eigenvalue weighted by atomic mass is 10.2. The summed E-state index contributed by atoms with van der Waals surface area (Å²) in [5.74, 6) is -0.0475. The van der Waals surface area contributed by atoms with Crippen LogP contribution in [0.4, 0.5) is 10.1 Å². The first-order chi connectivity index (χ1) is 4.74. The molecule has 10 heavy (non-hydrogen) atoms. The molecule has 1 nitrogen and oxygen atoms in total. The summed E-state index contributed by atoms with van der Waals surface area (Å²) < 4.78 is 12.4. The van der Waals surface area contributed by atoms with Crippen LogP contribution in [0.15, 0.2) is 18.2 Å². The van der Waals surface area contributed by atoms with Gasteiger partial charge in [-0.15, -0.1) is 11.6 Å². The van der Waals surface area contributed by atoms with Crippen LogP contribution in [-0.2, 0) is 5.88 Å². The van der Waals surface area contributed by atoms with E-state index in [-0.39, 0.29) is 11.7 Å². The second kappa shape index (κ2) is 2.88. The number of hydrogen-bond acceptors (Lipinski definition) is 1. The number of hydrogen-bond donors (Lipinski definition) is 1. The molecular weight excluding hydrogens is 153 g/mol. The minimum atomic E-state index is -0.301. The van der Waals surface area contributed by atoms with E-state index in [1.165, 1.54) is 18.2 Å². The monoisotopic (exact) mass is 159 g/mol. The fourth-order valence-electron chi connectivity index (χ4n) is 0.690. The highest BCUT2D eigenvalue weighted by molar-refractivity contribution is 6.17. The van der Waals surface area contributed by atoms with Crippen molar-refractivity contribution in [2.24, 2.45) is 0 Å². The highest BCUT2D eigenvalue weighted by atomic mass is 35.5. The average Bonchev–Trinajstić information content (AvgIpc) is 1.94. The van der Waals surface area contributed by atoms with Gasteiger partial charge in [0.15, 0.2) is 0 Å². The molecule has 1 rings (SSSR count). The molecule has 0 heterocycles. The summed E-state index contributed by atoms with van der Waals surface area (Å²) in [6.07, 6.45) is 0. The van der Waals surface area contributed by atoms with Crippen LogP contribution in [0.2, 0.25) is 0 Å². The molecule has 0 aliphatic rings. The Morgan fingerprint density at radius 3 is 2.70 bits per heavy atom. The molecule has 0 aromatic heterocycles. The van der Waals surface area contributed by atoms with Gasteiger partial charge in [0.25, 0.3) is 0 Å². The predicted octanol–water partition coefficient (Wildman–Crippen LogP) is 2.15. The summed E-state index contributed by atoms with van der Waals surface area (Å²) in [6, 6.07) is 4.15. The van der Waals surface area contributed by atoms with Gasteiger partial charge in [0, 0.05) is 11.6 Å². The molecule has 54 valence electrons. The van der Waals surface area contributed by atoms with Crippen molar-refractivity contribution in [1.82, 2.24) is 0 Å². The molecule has 0 spiro atoms. The first kappa shape index (κ1) is 7.35. The molecule has 2 N–H and O–H groups in total. The highest BCUT2D eigenvalue weighted by Gasteiger charge is 1.97. The van der Waals surface area contributed by atoms with Crippen LogP contribution in [-0.4, -0.2) is 0 Å². The van der Waals surface area contributed by atoms with E-state index in [9.17, 15) is 4.39 Å². The van der Waals surface area contributed by atoms with Crippen molar-refractivity contribution in [3.8, 4) is 0 Å². The molecule has 0 aliphatic carbocycles. The molecule has 1 aromatic rings. The van der Waals surface area contributed by atoms with Crippen LogP contribution >= 0.6 is 11.6 Å². The first-order valence-electron chi connectivity index (χ1n) is 2.84. The van der Waals surface area contributed by atoms with Gasteiger partial charge in [-0.05, 0) is 23.8 Å². The lowest BCUT2D eigenvalue weighted by Gasteiger charge is -1.99. The normalized spacial score (nSPS) is 9.80. The van der Waals surface area contributed by atoms with E-state index in [4.69, 9.17) is 17.3 Å². The van der Waals surface area contributed by atoms with Gasteiger partial charge in [-0.3, -0.25) is 0 Å². The van der Waals surface area contributed by atoms with Crippen LogP contribution in [0, 0.1) is 5.82 Å². The Morgan fingerprint density at radius 2 is 2.20 bits per heavy atom. The fourth-order valence-corrected chi connectivity index (χ4v) is 0.922. The Labute approximate surface area is 63.6 Å². The predicted molar refractivity (Wildman–Crippen MR) is 40.4 cm³/mol. The maximum atomic E-state index is 12.4. The highest BCUT2D eigenvalue weighted by Crippen LogP contribution is 2.14. The average molecular weight is 160 g/mol. The Balaban J connectivity index is 3.09. The van der Waals surface area contributed by atoms with Gasteiger partial charge in [0.2, 0.25) is 0 Å². The van der Waals surface area contributed by atoms with Crippen molar-refractivity contribution in [3.05, 3.63) is 29.6 Å². The number of anilines is 1. The van der Waals surface area contributed by atoms with E-state index < -0.39 is 0 Å². The summed E-state index contributed by atoms with van der Waals surface area (Å²) in [5.41, 5.74) is 6.63. The van der Waals surface area contributed by atoms with E-state index >= 15 is 0 Å². The zero-order chi connectivity index (χ0) is 7.56. The molecule has 0 unspecified atom stereocenters. The van der Waals surface area contributed by atoms with Gasteiger partial charge < -0.3 is 5.73 Å². The van der Waals surface area contributed by atoms with Crippen LogP contribution in [0.25, 0.3) is 0 Å². The Bertz CT molecular complexity index is 237. The third kappa shape index (κ3) is 1.39. The summed E-state index contributed by atoms with van der Waals surface area (Å²) in [7, 11) is 0. The van der Waals surface area contributed by atoms with E-state index in [2.05, 4.69) is 0 Å². The van der Waals surface area contributed by atoms with Gasteiger partial charge in [-0.25, -0.2) is 4.39 Å². The van der Waals surface area contributed by atoms with Crippen molar-refractivity contribution in [2.75, 3.05) is 5.73 Å². The number of alkyl halides is 1. The quantitative estimate of drug-likeness (QED) is 0.493. The van der Waals surface area contributed by atoms with E-state index in [0.717, 1.165) is 0 Å². The van der Waals surface area contributed by atoms with Crippen molar-refractivity contribution in [3.63, 3.8) is 0 Å². The van der Waals surface area contributed by atoms with Crippen LogP contribution in [0.5, 0.6) is 0 Å². The minimum absolute atomic E-state index is 0.254. The summed E-state index contributed by atoms with van der Waals surface area (Å²) >= 11 is 5.46. The molecule has 3 heteroatoms. The van der Waals surface area contributed by atoms with Crippen molar-refractivity contribution < 1.29 is 4.39 Å². The smallest absolute Gasteiger partial charge is 0.123 e. The standard InChI is InChI=1S/C7H7ClFN/c8-4-5-3-6(9)1-2-7(5)10/h1-3H,4,10H2. The maximum Gasteiger partial charge on any atom is 0.123 e. The van der Waals surface area contributed by atoms with Gasteiger partial charge in [-0.2, -0.15) is 0 Å². The lowest BCUT2D eigenvalue weighted by Crippen LogP contribution is -1.91. The third-order valence-electron chi connectivity index (χ3n) is 1.25. The largest absolute Gasteiger partial charge is 0.398 e. The zero-order valence-electron chi connectivity index (χ0n) is 5.27. The van der Waals surface area contributed by atoms with Gasteiger partial charge in [0.05, 0.1) is 0 Å². The minimum Gasteiger partial charge on any atom is -0.398 e. The summed E-state index contributed by atoms with van der Waals surface area (Å²) in [6.45, 7) is 0. The number of halogens is 2. The van der Waals surface area contributed by atoms with Crippen molar-refractivity contribution in [1.29, 1.82) is 0 Å². The van der Waals surface area contributed by atoms with Crippen molar-refractivity contribution in [2.45, 2.75) is 5.88 Å².